The van der Waals surface area contributed by atoms with Crippen LogP contribution in [0.15, 0.2) is 23.3 Å². The van der Waals surface area contributed by atoms with Crippen LogP contribution in [0.4, 0.5) is 0 Å². The molecule has 1 aliphatic heterocycles. The number of hydrogen-bond acceptors (Lipinski definition) is 5. The maximum Gasteiger partial charge on any atom is 0.164 e. The number of ether oxygens (including phenoxy) is 1. The molecule has 2 saturated carbocycles. The zero-order valence-electron chi connectivity index (χ0n) is 19.0. The fraction of sp³-hybridized carbons (Fsp3) is 0.760. The van der Waals surface area contributed by atoms with Gasteiger partial charge in [0.25, 0.3) is 0 Å². The summed E-state index contributed by atoms with van der Waals surface area (Å²) in [6, 6.07) is 0. The molecule has 4 aliphatic rings. The SMILES string of the molecule is CC(C)=CC1OC(C)(CC2C(=O)C(C)=CC2O)C2C(=O)C3C(C)CCC3C(C)C12O. The van der Waals surface area contributed by atoms with E-state index in [1.165, 1.54) is 0 Å². The van der Waals surface area contributed by atoms with Gasteiger partial charge in [0.1, 0.15) is 17.5 Å². The molecular formula is C25H36O5. The number of aliphatic hydroxyl groups is 2. The van der Waals surface area contributed by atoms with E-state index in [0.717, 1.165) is 18.4 Å². The van der Waals surface area contributed by atoms with E-state index in [2.05, 4.69) is 13.8 Å². The zero-order chi connectivity index (χ0) is 22.2. The Hall–Kier alpha value is -1.30. The summed E-state index contributed by atoms with van der Waals surface area (Å²) < 4.78 is 6.51. The van der Waals surface area contributed by atoms with Gasteiger partial charge in [-0.05, 0) is 76.4 Å². The Morgan fingerprint density at radius 2 is 1.93 bits per heavy atom. The van der Waals surface area contributed by atoms with E-state index >= 15 is 0 Å². The van der Waals surface area contributed by atoms with Crippen LogP contribution in [-0.4, -0.2) is 45.2 Å². The number of allylic oxidation sites excluding steroid dienone is 2. The molecule has 0 aromatic heterocycles. The largest absolute Gasteiger partial charge is 0.388 e. The highest BCUT2D eigenvalue weighted by Crippen LogP contribution is 2.61. The molecule has 10 unspecified atom stereocenters. The highest BCUT2D eigenvalue weighted by molar-refractivity contribution is 6.00. The number of hydrogen-bond donors (Lipinski definition) is 2. The zero-order valence-corrected chi connectivity index (χ0v) is 19.0. The number of rotatable bonds is 3. The third kappa shape index (κ3) is 2.92. The molecule has 5 heteroatoms. The molecule has 3 aliphatic carbocycles. The van der Waals surface area contributed by atoms with Gasteiger partial charge in [0.15, 0.2) is 5.78 Å². The van der Waals surface area contributed by atoms with Crippen molar-refractivity contribution in [1.29, 1.82) is 0 Å². The Morgan fingerprint density at radius 3 is 2.50 bits per heavy atom. The predicted octanol–water partition coefficient (Wildman–Crippen LogP) is 3.23. The maximum atomic E-state index is 13.9. The first-order chi connectivity index (χ1) is 13.9. The van der Waals surface area contributed by atoms with Crippen molar-refractivity contribution in [2.75, 3.05) is 0 Å². The maximum absolute atomic E-state index is 13.9. The molecule has 0 aromatic rings. The third-order valence-electron chi connectivity index (χ3n) is 8.61. The monoisotopic (exact) mass is 416 g/mol. The molecule has 0 radical (unpaired) electrons. The minimum atomic E-state index is -1.30. The van der Waals surface area contributed by atoms with Gasteiger partial charge in [0.05, 0.1) is 23.5 Å². The molecule has 4 rings (SSSR count). The minimum Gasteiger partial charge on any atom is -0.388 e. The number of ketones is 2. The van der Waals surface area contributed by atoms with Crippen molar-refractivity contribution in [3.8, 4) is 0 Å². The van der Waals surface area contributed by atoms with Crippen molar-refractivity contribution >= 4 is 11.6 Å². The van der Waals surface area contributed by atoms with E-state index in [0.29, 0.717) is 11.5 Å². The van der Waals surface area contributed by atoms with Crippen molar-refractivity contribution < 1.29 is 24.5 Å². The van der Waals surface area contributed by atoms with Gasteiger partial charge in [-0.25, -0.2) is 0 Å². The van der Waals surface area contributed by atoms with Crippen molar-refractivity contribution in [1.82, 2.24) is 0 Å². The summed E-state index contributed by atoms with van der Waals surface area (Å²) in [6.07, 6.45) is 4.23. The summed E-state index contributed by atoms with van der Waals surface area (Å²) in [6.45, 7) is 11.7. The molecule has 0 amide bonds. The second kappa shape index (κ2) is 7.11. The molecule has 1 saturated heterocycles. The number of carbonyl (C=O) groups excluding carboxylic acids is 2. The lowest BCUT2D eigenvalue weighted by atomic mass is 9.54. The molecular weight excluding hydrogens is 380 g/mol. The molecule has 5 nitrogen and oxygen atoms in total. The van der Waals surface area contributed by atoms with Crippen LogP contribution < -0.4 is 0 Å². The fourth-order valence-corrected chi connectivity index (χ4v) is 7.17. The summed E-state index contributed by atoms with van der Waals surface area (Å²) in [7, 11) is 0. The molecule has 2 N–H and O–H groups in total. The Kier molecular flexibility index (Phi) is 5.19. The average molecular weight is 417 g/mol. The van der Waals surface area contributed by atoms with E-state index in [-0.39, 0.29) is 35.7 Å². The topological polar surface area (TPSA) is 83.8 Å². The van der Waals surface area contributed by atoms with Gasteiger partial charge in [-0.15, -0.1) is 0 Å². The number of aliphatic hydroxyl groups excluding tert-OH is 1. The van der Waals surface area contributed by atoms with Gasteiger partial charge in [-0.3, -0.25) is 9.59 Å². The summed E-state index contributed by atoms with van der Waals surface area (Å²) >= 11 is 0. The molecule has 0 aromatic carbocycles. The van der Waals surface area contributed by atoms with E-state index in [1.54, 1.807) is 13.0 Å². The van der Waals surface area contributed by atoms with Crippen LogP contribution in [0.5, 0.6) is 0 Å². The molecule has 0 bridgehead atoms. The quantitative estimate of drug-likeness (QED) is 0.690. The smallest absolute Gasteiger partial charge is 0.164 e. The van der Waals surface area contributed by atoms with Gasteiger partial charge < -0.3 is 14.9 Å². The average Bonchev–Trinajstić information content (AvgIpc) is 3.21. The molecule has 10 atom stereocenters. The highest BCUT2D eigenvalue weighted by atomic mass is 16.5. The summed E-state index contributed by atoms with van der Waals surface area (Å²) in [5.74, 6) is -1.04. The van der Waals surface area contributed by atoms with E-state index < -0.39 is 35.2 Å². The Balaban J connectivity index is 1.78. The second-order valence-corrected chi connectivity index (χ2v) is 10.9. The third-order valence-corrected chi connectivity index (χ3v) is 8.61. The lowest BCUT2D eigenvalue weighted by molar-refractivity contribution is -0.162. The van der Waals surface area contributed by atoms with Crippen LogP contribution >= 0.6 is 0 Å². The summed E-state index contributed by atoms with van der Waals surface area (Å²) in [5.41, 5.74) is -0.738. The number of carbonyl (C=O) groups is 2. The number of Topliss-reactive ketones (excluding diaryl/α,β-unsaturated/α-hetero) is 2. The van der Waals surface area contributed by atoms with E-state index in [1.807, 2.05) is 26.8 Å². The molecule has 0 spiro atoms. The Labute approximate surface area is 179 Å². The first kappa shape index (κ1) is 21.9. The van der Waals surface area contributed by atoms with Gasteiger partial charge in [-0.1, -0.05) is 25.5 Å². The highest BCUT2D eigenvalue weighted by Gasteiger charge is 2.71. The molecule has 166 valence electrons. The van der Waals surface area contributed by atoms with Crippen molar-refractivity contribution in [2.45, 2.75) is 84.2 Å². The predicted molar refractivity (Wildman–Crippen MR) is 114 cm³/mol. The molecule has 3 fully saturated rings. The van der Waals surface area contributed by atoms with Crippen LogP contribution in [0.25, 0.3) is 0 Å². The second-order valence-electron chi connectivity index (χ2n) is 10.9. The minimum absolute atomic E-state index is 0.0669. The van der Waals surface area contributed by atoms with Gasteiger partial charge in [0.2, 0.25) is 0 Å². The van der Waals surface area contributed by atoms with Crippen LogP contribution in [0.2, 0.25) is 0 Å². The van der Waals surface area contributed by atoms with Crippen molar-refractivity contribution in [3.05, 3.63) is 23.3 Å². The van der Waals surface area contributed by atoms with Gasteiger partial charge in [-0.2, -0.15) is 0 Å². The summed E-state index contributed by atoms with van der Waals surface area (Å²) in [5, 5.41) is 22.6. The summed E-state index contributed by atoms with van der Waals surface area (Å²) in [4.78, 5) is 26.6. The van der Waals surface area contributed by atoms with Gasteiger partial charge >= 0.3 is 0 Å². The normalized spacial score (nSPS) is 50.3. The molecule has 1 heterocycles. The number of fused-ring (bicyclic) bond motifs is 2. The van der Waals surface area contributed by atoms with Crippen LogP contribution in [0, 0.1) is 35.5 Å². The lowest BCUT2D eigenvalue weighted by Gasteiger charge is -2.49. The first-order valence-electron chi connectivity index (χ1n) is 11.4. The van der Waals surface area contributed by atoms with Crippen molar-refractivity contribution in [3.63, 3.8) is 0 Å². The van der Waals surface area contributed by atoms with E-state index in [9.17, 15) is 19.8 Å². The Bertz CT molecular complexity index is 823. The lowest BCUT2D eigenvalue weighted by Crippen LogP contribution is -2.62. The standard InChI is InChI=1S/C25H36O5/c1-12(2)9-19-25(29)15(5)16-8-7-13(3)20(16)22(28)23(25)24(6,30-19)11-17-18(26)10-14(4)21(17)27/h9-10,13,15-20,23,26,29H,7-8,11H2,1-6H3. The molecule has 30 heavy (non-hydrogen) atoms. The van der Waals surface area contributed by atoms with E-state index in [4.69, 9.17) is 4.74 Å². The van der Waals surface area contributed by atoms with Crippen LogP contribution in [0.3, 0.4) is 0 Å². The van der Waals surface area contributed by atoms with Crippen LogP contribution in [0.1, 0.15) is 60.8 Å². The fourth-order valence-electron chi connectivity index (χ4n) is 7.17. The van der Waals surface area contributed by atoms with Crippen molar-refractivity contribution in [2.24, 2.45) is 35.5 Å². The first-order valence-corrected chi connectivity index (χ1v) is 11.4. The Morgan fingerprint density at radius 1 is 1.27 bits per heavy atom. The van der Waals surface area contributed by atoms with Crippen LogP contribution in [-0.2, 0) is 14.3 Å². The van der Waals surface area contributed by atoms with Gasteiger partial charge in [0, 0.05) is 5.92 Å².